The van der Waals surface area contributed by atoms with E-state index in [-0.39, 0.29) is 0 Å². The van der Waals surface area contributed by atoms with Crippen molar-refractivity contribution >= 4 is 33.3 Å². The minimum absolute atomic E-state index is 0.563. The summed E-state index contributed by atoms with van der Waals surface area (Å²) in [7, 11) is 1.88. The predicted molar refractivity (Wildman–Crippen MR) is 82.2 cm³/mol. The molecule has 3 heterocycles. The van der Waals surface area contributed by atoms with E-state index in [1.807, 2.05) is 7.05 Å². The summed E-state index contributed by atoms with van der Waals surface area (Å²) in [6, 6.07) is 3.32. The molecule has 19 heavy (non-hydrogen) atoms. The largest absolute Gasteiger partial charge is 0.357 e. The van der Waals surface area contributed by atoms with Crippen molar-refractivity contribution in [1.29, 1.82) is 0 Å². The van der Waals surface area contributed by atoms with Crippen molar-refractivity contribution in [2.75, 3.05) is 17.3 Å². The summed E-state index contributed by atoms with van der Waals surface area (Å²) < 4.78 is 0. The zero-order valence-electron chi connectivity index (χ0n) is 11.7. The predicted octanol–water partition coefficient (Wildman–Crippen LogP) is 3.50. The zero-order chi connectivity index (χ0) is 13.4. The van der Waals surface area contributed by atoms with Crippen LogP contribution in [0.1, 0.15) is 33.1 Å². The van der Waals surface area contributed by atoms with Gasteiger partial charge in [-0.3, -0.25) is 0 Å². The Morgan fingerprint density at radius 1 is 1.42 bits per heavy atom. The van der Waals surface area contributed by atoms with Gasteiger partial charge >= 0.3 is 0 Å². The third-order valence-corrected chi connectivity index (χ3v) is 4.84. The number of aromatic nitrogens is 2. The summed E-state index contributed by atoms with van der Waals surface area (Å²) >= 11 is 1.68. The molecule has 4 nitrogen and oxygen atoms in total. The van der Waals surface area contributed by atoms with Crippen LogP contribution in [0, 0.1) is 0 Å². The fourth-order valence-electron chi connectivity index (χ4n) is 3.00. The van der Waals surface area contributed by atoms with Crippen molar-refractivity contribution in [2.24, 2.45) is 0 Å². The van der Waals surface area contributed by atoms with Gasteiger partial charge in [0, 0.05) is 19.1 Å². The van der Waals surface area contributed by atoms with Crippen LogP contribution >= 0.6 is 11.3 Å². The van der Waals surface area contributed by atoms with E-state index in [2.05, 4.69) is 40.5 Å². The van der Waals surface area contributed by atoms with Gasteiger partial charge in [-0.15, -0.1) is 11.3 Å². The molecule has 0 spiro atoms. The number of rotatable bonds is 3. The molecule has 2 atom stereocenters. The van der Waals surface area contributed by atoms with Gasteiger partial charge in [0.2, 0.25) is 5.95 Å². The average molecular weight is 276 g/mol. The van der Waals surface area contributed by atoms with Gasteiger partial charge in [0.1, 0.15) is 10.6 Å². The lowest BCUT2D eigenvalue weighted by atomic mass is 10.1. The van der Waals surface area contributed by atoms with Gasteiger partial charge in [0.25, 0.3) is 0 Å². The standard InChI is InChI=1S/C14H20N4S/c1-4-10-6-5-9(2)18(10)12-11-7-8-19-13(11)17-14(15-3)16-12/h7-10H,4-6H2,1-3H3,(H,15,16,17). The van der Waals surface area contributed by atoms with Crippen LogP contribution in [0.3, 0.4) is 0 Å². The molecule has 0 amide bonds. The SMILES string of the molecule is CCC1CCC(C)N1c1nc(NC)nc2sccc12. The molecule has 2 aromatic heterocycles. The molecule has 0 bridgehead atoms. The molecular formula is C14H20N4S. The molecule has 1 N–H and O–H groups in total. The topological polar surface area (TPSA) is 41.1 Å². The lowest BCUT2D eigenvalue weighted by Gasteiger charge is -2.29. The first kappa shape index (κ1) is 12.7. The smallest absolute Gasteiger partial charge is 0.225 e. The molecule has 3 rings (SSSR count). The van der Waals surface area contributed by atoms with Crippen LogP contribution in [-0.2, 0) is 0 Å². The molecule has 0 radical (unpaired) electrons. The van der Waals surface area contributed by atoms with E-state index in [4.69, 9.17) is 4.98 Å². The summed E-state index contributed by atoms with van der Waals surface area (Å²) in [5.74, 6) is 1.83. The highest BCUT2D eigenvalue weighted by Crippen LogP contribution is 2.36. The Bertz CT molecular complexity index is 580. The normalized spacial score (nSPS) is 23.2. The highest BCUT2D eigenvalue weighted by Gasteiger charge is 2.31. The Hall–Kier alpha value is -1.36. The Labute approximate surface area is 117 Å². The Morgan fingerprint density at radius 2 is 2.26 bits per heavy atom. The number of thiophene rings is 1. The van der Waals surface area contributed by atoms with Crippen LogP contribution in [-0.4, -0.2) is 29.1 Å². The van der Waals surface area contributed by atoms with Crippen molar-refractivity contribution in [2.45, 2.75) is 45.2 Å². The second kappa shape index (κ2) is 4.96. The van der Waals surface area contributed by atoms with Gasteiger partial charge in [0.05, 0.1) is 5.39 Å². The van der Waals surface area contributed by atoms with Gasteiger partial charge in [-0.1, -0.05) is 6.92 Å². The van der Waals surface area contributed by atoms with Gasteiger partial charge < -0.3 is 10.2 Å². The summed E-state index contributed by atoms with van der Waals surface area (Å²) in [6.45, 7) is 4.57. The zero-order valence-corrected chi connectivity index (χ0v) is 12.5. The molecule has 0 aromatic carbocycles. The number of hydrogen-bond donors (Lipinski definition) is 1. The van der Waals surface area contributed by atoms with Gasteiger partial charge in [0.15, 0.2) is 0 Å². The first-order valence-corrected chi connectivity index (χ1v) is 7.84. The molecule has 102 valence electrons. The van der Waals surface area contributed by atoms with E-state index in [1.165, 1.54) is 24.6 Å². The maximum absolute atomic E-state index is 4.73. The number of anilines is 2. The lowest BCUT2D eigenvalue weighted by molar-refractivity contribution is 0.623. The van der Waals surface area contributed by atoms with Gasteiger partial charge in [-0.25, -0.2) is 4.98 Å². The highest BCUT2D eigenvalue weighted by molar-refractivity contribution is 7.16. The molecule has 1 aliphatic heterocycles. The molecule has 1 fully saturated rings. The Balaban J connectivity index is 2.14. The molecule has 5 heteroatoms. The van der Waals surface area contributed by atoms with Gasteiger partial charge in [-0.2, -0.15) is 4.98 Å². The van der Waals surface area contributed by atoms with Crippen molar-refractivity contribution in [3.8, 4) is 0 Å². The van der Waals surface area contributed by atoms with Gasteiger partial charge in [-0.05, 0) is 37.6 Å². The fourth-order valence-corrected chi connectivity index (χ4v) is 3.76. The first-order valence-electron chi connectivity index (χ1n) is 6.96. The van der Waals surface area contributed by atoms with Crippen molar-refractivity contribution in [3.05, 3.63) is 11.4 Å². The number of nitrogens with one attached hydrogen (secondary N) is 1. The highest BCUT2D eigenvalue weighted by atomic mass is 32.1. The third-order valence-electron chi connectivity index (χ3n) is 4.03. The van der Waals surface area contributed by atoms with E-state index in [1.54, 1.807) is 11.3 Å². The second-order valence-corrected chi connectivity index (χ2v) is 6.05. The maximum Gasteiger partial charge on any atom is 0.225 e. The van der Waals surface area contributed by atoms with E-state index in [0.29, 0.717) is 12.1 Å². The van der Waals surface area contributed by atoms with E-state index in [0.717, 1.165) is 16.6 Å². The molecule has 2 unspecified atom stereocenters. The van der Waals surface area contributed by atoms with E-state index < -0.39 is 0 Å². The van der Waals surface area contributed by atoms with Crippen LogP contribution in [0.15, 0.2) is 11.4 Å². The Morgan fingerprint density at radius 3 is 3.00 bits per heavy atom. The summed E-state index contributed by atoms with van der Waals surface area (Å²) in [5, 5.41) is 6.37. The Kier molecular flexibility index (Phi) is 3.31. The fraction of sp³-hybridized carbons (Fsp3) is 0.571. The summed E-state index contributed by atoms with van der Waals surface area (Å²) in [6.07, 6.45) is 3.69. The molecule has 1 aliphatic rings. The molecule has 0 saturated carbocycles. The molecule has 1 saturated heterocycles. The monoisotopic (exact) mass is 276 g/mol. The first-order chi connectivity index (χ1) is 9.24. The van der Waals surface area contributed by atoms with Crippen LogP contribution in [0.25, 0.3) is 10.2 Å². The number of nitrogens with zero attached hydrogens (tertiary/aromatic N) is 3. The minimum Gasteiger partial charge on any atom is -0.357 e. The molecule has 0 aliphatic carbocycles. The molecular weight excluding hydrogens is 256 g/mol. The minimum atomic E-state index is 0.563. The number of hydrogen-bond acceptors (Lipinski definition) is 5. The number of fused-ring (bicyclic) bond motifs is 1. The quantitative estimate of drug-likeness (QED) is 0.931. The average Bonchev–Trinajstić information content (AvgIpc) is 3.03. The van der Waals surface area contributed by atoms with Crippen molar-refractivity contribution in [1.82, 2.24) is 9.97 Å². The summed E-state index contributed by atoms with van der Waals surface area (Å²) in [5.41, 5.74) is 0. The van der Waals surface area contributed by atoms with Crippen LogP contribution in [0.4, 0.5) is 11.8 Å². The molecule has 2 aromatic rings. The van der Waals surface area contributed by atoms with E-state index in [9.17, 15) is 0 Å². The van der Waals surface area contributed by atoms with Crippen LogP contribution < -0.4 is 10.2 Å². The van der Waals surface area contributed by atoms with Crippen LogP contribution in [0.5, 0.6) is 0 Å². The van der Waals surface area contributed by atoms with E-state index >= 15 is 0 Å². The van der Waals surface area contributed by atoms with Crippen LogP contribution in [0.2, 0.25) is 0 Å². The summed E-state index contributed by atoms with van der Waals surface area (Å²) in [4.78, 5) is 12.8. The van der Waals surface area contributed by atoms with Crippen molar-refractivity contribution in [3.63, 3.8) is 0 Å². The lowest BCUT2D eigenvalue weighted by Crippen LogP contribution is -2.35. The second-order valence-electron chi connectivity index (χ2n) is 5.16. The third kappa shape index (κ3) is 2.06. The maximum atomic E-state index is 4.73. The van der Waals surface area contributed by atoms with Crippen molar-refractivity contribution < 1.29 is 0 Å².